The summed E-state index contributed by atoms with van der Waals surface area (Å²) in [6, 6.07) is 8.44. The van der Waals surface area contributed by atoms with Crippen molar-refractivity contribution in [2.24, 2.45) is 10.7 Å². The van der Waals surface area contributed by atoms with Crippen LogP contribution in [0.1, 0.15) is 12.5 Å². The van der Waals surface area contributed by atoms with Gasteiger partial charge in [0.15, 0.2) is 5.96 Å². The first kappa shape index (κ1) is 17.7. The number of halogens is 1. The molecule has 1 aromatic carbocycles. The van der Waals surface area contributed by atoms with E-state index in [4.69, 9.17) is 5.73 Å². The second-order valence-electron chi connectivity index (χ2n) is 6.41. The molecule has 1 aliphatic heterocycles. The number of hydrogen-bond acceptors (Lipinski definition) is 4. The molecular weight excluding hydrogens is 339 g/mol. The third-order valence-electron chi connectivity index (χ3n) is 4.49. The average molecular weight is 362 g/mol. The Labute approximate surface area is 151 Å². The van der Waals surface area contributed by atoms with Crippen molar-refractivity contribution in [1.82, 2.24) is 4.90 Å². The van der Waals surface area contributed by atoms with Gasteiger partial charge in [0.05, 0.1) is 6.54 Å². The molecule has 1 fully saturated rings. The van der Waals surface area contributed by atoms with Gasteiger partial charge >= 0.3 is 0 Å². The molecule has 0 saturated carbocycles. The van der Waals surface area contributed by atoms with Crippen LogP contribution in [0.3, 0.4) is 0 Å². The van der Waals surface area contributed by atoms with Gasteiger partial charge in [-0.15, -0.1) is 0 Å². The molecule has 2 heterocycles. The van der Waals surface area contributed by atoms with Crippen LogP contribution in [0.2, 0.25) is 0 Å². The van der Waals surface area contributed by atoms with Crippen LogP contribution in [0.25, 0.3) is 0 Å². The summed E-state index contributed by atoms with van der Waals surface area (Å²) in [4.78, 5) is 8.61. The Hall–Kier alpha value is -2.12. The van der Waals surface area contributed by atoms with Crippen LogP contribution in [-0.2, 0) is 5.60 Å². The lowest BCUT2D eigenvalue weighted by Crippen LogP contribution is -2.51. The first-order valence-corrected chi connectivity index (χ1v) is 9.20. The number of piperazine rings is 1. The number of anilines is 1. The van der Waals surface area contributed by atoms with Crippen LogP contribution in [0.15, 0.2) is 46.1 Å². The van der Waals surface area contributed by atoms with E-state index in [9.17, 15) is 9.50 Å². The molecule has 0 amide bonds. The van der Waals surface area contributed by atoms with E-state index in [1.54, 1.807) is 30.4 Å². The van der Waals surface area contributed by atoms with Crippen molar-refractivity contribution in [3.05, 3.63) is 52.5 Å². The summed E-state index contributed by atoms with van der Waals surface area (Å²) in [5.74, 6) is 0.227. The van der Waals surface area contributed by atoms with E-state index in [0.717, 1.165) is 37.4 Å². The summed E-state index contributed by atoms with van der Waals surface area (Å²) < 4.78 is 13.0. The minimum absolute atomic E-state index is 0.226. The maximum absolute atomic E-state index is 13.0. The number of aliphatic imine (C=N–C) groups is 1. The fraction of sp³-hybridized carbons (Fsp3) is 0.389. The maximum atomic E-state index is 13.0. The third-order valence-corrected chi connectivity index (χ3v) is 5.17. The summed E-state index contributed by atoms with van der Waals surface area (Å²) in [7, 11) is 0. The highest BCUT2D eigenvalue weighted by atomic mass is 32.1. The maximum Gasteiger partial charge on any atom is 0.191 e. The second-order valence-corrected chi connectivity index (χ2v) is 7.19. The number of hydrogen-bond donors (Lipinski definition) is 2. The molecule has 1 aliphatic rings. The zero-order chi connectivity index (χ0) is 17.9. The average Bonchev–Trinajstić information content (AvgIpc) is 3.16. The predicted molar refractivity (Wildman–Crippen MR) is 101 cm³/mol. The molecule has 3 rings (SSSR count). The molecule has 134 valence electrons. The van der Waals surface area contributed by atoms with E-state index in [2.05, 4.69) is 9.89 Å². The van der Waals surface area contributed by atoms with Crippen LogP contribution >= 0.6 is 11.3 Å². The summed E-state index contributed by atoms with van der Waals surface area (Å²) in [5.41, 5.74) is 6.97. The van der Waals surface area contributed by atoms with Gasteiger partial charge in [0, 0.05) is 31.9 Å². The zero-order valence-electron chi connectivity index (χ0n) is 14.2. The SMILES string of the molecule is CC(O)(CN=C(N)N1CCN(c2ccc(F)cc2)CC1)c1ccsc1. The number of rotatable bonds is 4. The van der Waals surface area contributed by atoms with E-state index < -0.39 is 5.60 Å². The van der Waals surface area contributed by atoms with Gasteiger partial charge in [-0.25, -0.2) is 9.38 Å². The Morgan fingerprint density at radius 3 is 2.52 bits per heavy atom. The first-order valence-electron chi connectivity index (χ1n) is 8.26. The summed E-state index contributed by atoms with van der Waals surface area (Å²) >= 11 is 1.55. The van der Waals surface area contributed by atoms with Crippen molar-refractivity contribution in [3.63, 3.8) is 0 Å². The van der Waals surface area contributed by atoms with Crippen molar-refractivity contribution in [2.45, 2.75) is 12.5 Å². The standard InChI is InChI=1S/C18H23FN4OS/c1-18(24,14-6-11-25-12-14)13-21-17(20)23-9-7-22(8-10-23)16-4-2-15(19)3-5-16/h2-6,11-12,24H,7-10,13H2,1H3,(H2,20,21). The molecule has 5 nitrogen and oxygen atoms in total. The number of nitrogens with zero attached hydrogens (tertiary/aromatic N) is 3. The van der Waals surface area contributed by atoms with E-state index in [0.29, 0.717) is 5.96 Å². The minimum atomic E-state index is -1.01. The summed E-state index contributed by atoms with van der Waals surface area (Å²) in [6.07, 6.45) is 0. The molecular formula is C18H23FN4OS. The molecule has 0 spiro atoms. The zero-order valence-corrected chi connectivity index (χ0v) is 15.0. The van der Waals surface area contributed by atoms with Gasteiger partial charge < -0.3 is 20.6 Å². The Kier molecular flexibility index (Phi) is 5.24. The second kappa shape index (κ2) is 7.41. The van der Waals surface area contributed by atoms with Gasteiger partial charge in [0.2, 0.25) is 0 Å². The number of nitrogens with two attached hydrogens (primary N) is 1. The molecule has 7 heteroatoms. The fourth-order valence-electron chi connectivity index (χ4n) is 2.84. The molecule has 0 aliphatic carbocycles. The van der Waals surface area contributed by atoms with Crippen LogP contribution in [0, 0.1) is 5.82 Å². The van der Waals surface area contributed by atoms with Gasteiger partial charge in [-0.2, -0.15) is 11.3 Å². The van der Waals surface area contributed by atoms with Crippen molar-refractivity contribution >= 4 is 23.0 Å². The lowest BCUT2D eigenvalue weighted by atomic mass is 10.00. The quantitative estimate of drug-likeness (QED) is 0.647. The van der Waals surface area contributed by atoms with Crippen LogP contribution < -0.4 is 10.6 Å². The number of guanidine groups is 1. The highest BCUT2D eigenvalue weighted by molar-refractivity contribution is 7.08. The van der Waals surface area contributed by atoms with Gasteiger partial charge in [0.1, 0.15) is 11.4 Å². The van der Waals surface area contributed by atoms with Crippen LogP contribution in [-0.4, -0.2) is 48.7 Å². The van der Waals surface area contributed by atoms with E-state index in [1.807, 2.05) is 21.7 Å². The van der Waals surface area contributed by atoms with Gasteiger partial charge in [-0.05, 0) is 53.6 Å². The molecule has 1 unspecified atom stereocenters. The lowest BCUT2D eigenvalue weighted by molar-refractivity contribution is 0.0675. The molecule has 3 N–H and O–H groups in total. The Morgan fingerprint density at radius 2 is 1.92 bits per heavy atom. The monoisotopic (exact) mass is 362 g/mol. The van der Waals surface area contributed by atoms with Crippen LogP contribution in [0.4, 0.5) is 10.1 Å². The Bertz CT molecular complexity index is 707. The normalized spacial score (nSPS) is 18.3. The Morgan fingerprint density at radius 1 is 1.24 bits per heavy atom. The predicted octanol–water partition coefficient (Wildman–Crippen LogP) is 2.23. The molecule has 25 heavy (non-hydrogen) atoms. The molecule has 1 aromatic heterocycles. The van der Waals surface area contributed by atoms with E-state index >= 15 is 0 Å². The smallest absolute Gasteiger partial charge is 0.191 e. The molecule has 2 aromatic rings. The third kappa shape index (κ3) is 4.29. The number of benzene rings is 1. The lowest BCUT2D eigenvalue weighted by Gasteiger charge is -2.36. The molecule has 0 bridgehead atoms. The van der Waals surface area contributed by atoms with Crippen molar-refractivity contribution in [2.75, 3.05) is 37.6 Å². The fourth-order valence-corrected chi connectivity index (χ4v) is 3.63. The van der Waals surface area contributed by atoms with Crippen molar-refractivity contribution < 1.29 is 9.50 Å². The van der Waals surface area contributed by atoms with E-state index in [-0.39, 0.29) is 12.4 Å². The number of thiophene rings is 1. The van der Waals surface area contributed by atoms with Gasteiger partial charge in [-0.3, -0.25) is 0 Å². The highest BCUT2D eigenvalue weighted by Gasteiger charge is 2.24. The number of aliphatic hydroxyl groups is 1. The van der Waals surface area contributed by atoms with Crippen LogP contribution in [0.5, 0.6) is 0 Å². The summed E-state index contributed by atoms with van der Waals surface area (Å²) in [6.45, 7) is 5.05. The molecule has 1 saturated heterocycles. The minimum Gasteiger partial charge on any atom is -0.383 e. The Balaban J connectivity index is 1.56. The molecule has 1 atom stereocenters. The van der Waals surface area contributed by atoms with Crippen molar-refractivity contribution in [1.29, 1.82) is 0 Å². The first-order chi connectivity index (χ1) is 12.0. The highest BCUT2D eigenvalue weighted by Crippen LogP contribution is 2.23. The van der Waals surface area contributed by atoms with E-state index in [1.165, 1.54) is 12.1 Å². The summed E-state index contributed by atoms with van der Waals surface area (Å²) in [5, 5.41) is 14.4. The largest absolute Gasteiger partial charge is 0.383 e. The topological polar surface area (TPSA) is 65.1 Å². The van der Waals surface area contributed by atoms with Crippen molar-refractivity contribution in [3.8, 4) is 0 Å². The molecule has 0 radical (unpaired) electrons. The van der Waals surface area contributed by atoms with Gasteiger partial charge in [-0.1, -0.05) is 0 Å². The van der Waals surface area contributed by atoms with Gasteiger partial charge in [0.25, 0.3) is 0 Å².